The van der Waals surface area contributed by atoms with E-state index in [0.29, 0.717) is 6.54 Å². The highest BCUT2D eigenvalue weighted by Crippen LogP contribution is 2.15. The molecule has 1 aromatic carbocycles. The van der Waals surface area contributed by atoms with E-state index in [1.54, 1.807) is 12.5 Å². The molecular formula is C16H15N5O2. The molecule has 2 N–H and O–H groups in total. The minimum absolute atomic E-state index is 0.129. The number of rotatable bonds is 5. The lowest BCUT2D eigenvalue weighted by Gasteiger charge is -2.19. The number of imidazole rings is 1. The van der Waals surface area contributed by atoms with Gasteiger partial charge in [0, 0.05) is 18.9 Å². The van der Waals surface area contributed by atoms with E-state index < -0.39 is 5.56 Å². The molecule has 23 heavy (non-hydrogen) atoms. The van der Waals surface area contributed by atoms with Gasteiger partial charge < -0.3 is 14.9 Å². The van der Waals surface area contributed by atoms with Crippen LogP contribution in [0.25, 0.3) is 0 Å². The SMILES string of the molecule is O=C(NC(Cn1ccnc1)c1ccccc1)c1cncc(=O)[nH]1. The molecule has 7 nitrogen and oxygen atoms in total. The summed E-state index contributed by atoms with van der Waals surface area (Å²) in [4.78, 5) is 33.9. The molecule has 0 aliphatic carbocycles. The summed E-state index contributed by atoms with van der Waals surface area (Å²) in [6.07, 6.45) is 7.65. The summed E-state index contributed by atoms with van der Waals surface area (Å²) in [7, 11) is 0. The fourth-order valence-electron chi connectivity index (χ4n) is 2.25. The van der Waals surface area contributed by atoms with E-state index >= 15 is 0 Å². The molecule has 0 bridgehead atoms. The Balaban J connectivity index is 1.83. The average Bonchev–Trinajstić information content (AvgIpc) is 3.08. The van der Waals surface area contributed by atoms with Gasteiger partial charge in [0.25, 0.3) is 11.5 Å². The van der Waals surface area contributed by atoms with E-state index in [-0.39, 0.29) is 17.6 Å². The first-order valence-electron chi connectivity index (χ1n) is 7.08. The number of hydrogen-bond acceptors (Lipinski definition) is 4. The van der Waals surface area contributed by atoms with Crippen molar-refractivity contribution in [3.05, 3.63) is 83.1 Å². The van der Waals surface area contributed by atoms with E-state index in [1.807, 2.05) is 41.1 Å². The van der Waals surface area contributed by atoms with E-state index in [4.69, 9.17) is 0 Å². The van der Waals surface area contributed by atoms with Gasteiger partial charge in [-0.05, 0) is 5.56 Å². The molecule has 1 unspecified atom stereocenters. The molecule has 0 aliphatic rings. The molecule has 0 aliphatic heterocycles. The zero-order chi connectivity index (χ0) is 16.1. The fourth-order valence-corrected chi connectivity index (χ4v) is 2.25. The van der Waals surface area contributed by atoms with Gasteiger partial charge in [0.1, 0.15) is 5.69 Å². The molecule has 0 fully saturated rings. The number of H-pyrrole nitrogens is 1. The molecular weight excluding hydrogens is 294 g/mol. The molecule has 0 saturated heterocycles. The molecule has 2 aromatic heterocycles. The smallest absolute Gasteiger partial charge is 0.269 e. The second kappa shape index (κ2) is 6.69. The topological polar surface area (TPSA) is 92.7 Å². The molecule has 2 heterocycles. The molecule has 0 radical (unpaired) electrons. The number of hydrogen-bond donors (Lipinski definition) is 2. The summed E-state index contributed by atoms with van der Waals surface area (Å²) < 4.78 is 1.88. The summed E-state index contributed by atoms with van der Waals surface area (Å²) in [5.74, 6) is -0.385. The Kier molecular flexibility index (Phi) is 4.28. The van der Waals surface area contributed by atoms with Crippen LogP contribution in [0.4, 0.5) is 0 Å². The van der Waals surface area contributed by atoms with Crippen molar-refractivity contribution >= 4 is 5.91 Å². The van der Waals surface area contributed by atoms with Gasteiger partial charge in [0.2, 0.25) is 0 Å². The summed E-state index contributed by atoms with van der Waals surface area (Å²) in [5, 5.41) is 2.92. The first-order chi connectivity index (χ1) is 11.2. The van der Waals surface area contributed by atoms with Crippen molar-refractivity contribution in [3.63, 3.8) is 0 Å². The van der Waals surface area contributed by atoms with Crippen molar-refractivity contribution in [1.29, 1.82) is 0 Å². The van der Waals surface area contributed by atoms with Gasteiger partial charge in [-0.3, -0.25) is 14.6 Å². The van der Waals surface area contributed by atoms with Gasteiger partial charge in [-0.1, -0.05) is 30.3 Å². The number of carbonyl (C=O) groups is 1. The Hall–Kier alpha value is -3.22. The van der Waals surface area contributed by atoms with E-state index in [2.05, 4.69) is 20.3 Å². The summed E-state index contributed by atoms with van der Waals surface area (Å²) in [6.45, 7) is 0.528. The van der Waals surface area contributed by atoms with Gasteiger partial charge in [-0.25, -0.2) is 4.98 Å². The zero-order valence-corrected chi connectivity index (χ0v) is 12.2. The zero-order valence-electron chi connectivity index (χ0n) is 12.2. The number of carbonyl (C=O) groups excluding carboxylic acids is 1. The molecule has 0 spiro atoms. The number of amides is 1. The lowest BCUT2D eigenvalue weighted by Crippen LogP contribution is -2.32. The van der Waals surface area contributed by atoms with E-state index in [1.165, 1.54) is 6.20 Å². The van der Waals surface area contributed by atoms with Gasteiger partial charge >= 0.3 is 0 Å². The van der Waals surface area contributed by atoms with Crippen molar-refractivity contribution in [3.8, 4) is 0 Å². The second-order valence-electron chi connectivity index (χ2n) is 5.01. The van der Waals surface area contributed by atoms with Gasteiger partial charge in [-0.2, -0.15) is 0 Å². The van der Waals surface area contributed by atoms with Crippen molar-refractivity contribution in [2.45, 2.75) is 12.6 Å². The molecule has 7 heteroatoms. The predicted octanol–water partition coefficient (Wildman–Crippen LogP) is 1.14. The third-order valence-electron chi connectivity index (χ3n) is 3.36. The maximum absolute atomic E-state index is 12.4. The predicted molar refractivity (Wildman–Crippen MR) is 83.7 cm³/mol. The molecule has 0 saturated carbocycles. The number of nitrogens with zero attached hydrogens (tertiary/aromatic N) is 3. The lowest BCUT2D eigenvalue weighted by atomic mass is 10.1. The number of benzene rings is 1. The van der Waals surface area contributed by atoms with Crippen LogP contribution in [0.5, 0.6) is 0 Å². The average molecular weight is 309 g/mol. The summed E-state index contributed by atoms with van der Waals surface area (Å²) in [5.41, 5.74) is 0.674. The van der Waals surface area contributed by atoms with Crippen LogP contribution in [0.3, 0.4) is 0 Å². The Morgan fingerprint density at radius 2 is 2.04 bits per heavy atom. The Bertz CT molecular complexity index is 827. The van der Waals surface area contributed by atoms with Crippen LogP contribution < -0.4 is 10.9 Å². The van der Waals surface area contributed by atoms with Crippen LogP contribution in [0, 0.1) is 0 Å². The van der Waals surface area contributed by atoms with Crippen LogP contribution in [0.15, 0.2) is 66.2 Å². The Labute approximate surface area is 132 Å². The van der Waals surface area contributed by atoms with Crippen molar-refractivity contribution < 1.29 is 4.79 Å². The molecule has 1 atom stereocenters. The highest BCUT2D eigenvalue weighted by atomic mass is 16.2. The fraction of sp³-hybridized carbons (Fsp3) is 0.125. The van der Waals surface area contributed by atoms with E-state index in [9.17, 15) is 9.59 Å². The van der Waals surface area contributed by atoms with Gasteiger partial charge in [0.05, 0.1) is 24.8 Å². The first-order valence-corrected chi connectivity index (χ1v) is 7.08. The number of aromatic amines is 1. The van der Waals surface area contributed by atoms with Crippen molar-refractivity contribution in [2.75, 3.05) is 0 Å². The standard InChI is InChI=1S/C16H15N5O2/c22-15-9-18-8-13(19-15)16(23)20-14(10-21-7-6-17-11-21)12-4-2-1-3-5-12/h1-9,11,14H,10H2,(H,19,22)(H,20,23). The molecule has 1 amide bonds. The largest absolute Gasteiger partial charge is 0.342 e. The lowest BCUT2D eigenvalue weighted by molar-refractivity contribution is 0.0927. The minimum Gasteiger partial charge on any atom is -0.342 e. The number of aromatic nitrogens is 4. The van der Waals surface area contributed by atoms with Crippen molar-refractivity contribution in [2.24, 2.45) is 0 Å². The van der Waals surface area contributed by atoms with Crippen LogP contribution in [-0.4, -0.2) is 25.4 Å². The monoisotopic (exact) mass is 309 g/mol. The number of nitrogens with one attached hydrogen (secondary N) is 2. The summed E-state index contributed by atoms with van der Waals surface area (Å²) >= 11 is 0. The maximum Gasteiger partial charge on any atom is 0.269 e. The maximum atomic E-state index is 12.4. The van der Waals surface area contributed by atoms with Crippen LogP contribution >= 0.6 is 0 Å². The third-order valence-corrected chi connectivity index (χ3v) is 3.36. The molecule has 3 rings (SSSR count). The highest BCUT2D eigenvalue weighted by molar-refractivity contribution is 5.92. The third kappa shape index (κ3) is 3.70. The van der Waals surface area contributed by atoms with E-state index in [0.717, 1.165) is 11.8 Å². The van der Waals surface area contributed by atoms with Crippen LogP contribution in [0.2, 0.25) is 0 Å². The quantitative estimate of drug-likeness (QED) is 0.739. The first kappa shape index (κ1) is 14.7. The van der Waals surface area contributed by atoms with Crippen molar-refractivity contribution in [1.82, 2.24) is 24.8 Å². The van der Waals surface area contributed by atoms with Gasteiger partial charge in [0.15, 0.2) is 0 Å². The summed E-state index contributed by atoms with van der Waals surface area (Å²) in [6, 6.07) is 9.35. The van der Waals surface area contributed by atoms with Crippen LogP contribution in [0.1, 0.15) is 22.1 Å². The second-order valence-corrected chi connectivity index (χ2v) is 5.01. The molecule has 3 aromatic rings. The minimum atomic E-state index is -0.413. The van der Waals surface area contributed by atoms with Gasteiger partial charge in [-0.15, -0.1) is 0 Å². The highest BCUT2D eigenvalue weighted by Gasteiger charge is 2.17. The Morgan fingerprint density at radius 3 is 2.74 bits per heavy atom. The van der Waals surface area contributed by atoms with Crippen LogP contribution in [-0.2, 0) is 6.54 Å². The normalized spacial score (nSPS) is 11.8. The molecule has 116 valence electrons. The Morgan fingerprint density at radius 1 is 1.22 bits per heavy atom.